The zero-order valence-electron chi connectivity index (χ0n) is 10.3. The van der Waals surface area contributed by atoms with Gasteiger partial charge in [-0.3, -0.25) is 15.1 Å². The maximum atomic E-state index is 12.0. The summed E-state index contributed by atoms with van der Waals surface area (Å²) in [6, 6.07) is 1.86. The van der Waals surface area contributed by atoms with Crippen LogP contribution in [-0.4, -0.2) is 28.1 Å². The molecule has 0 atom stereocenters. The third-order valence-corrected chi connectivity index (χ3v) is 2.30. The Balaban J connectivity index is 2.23. The number of nitrogens with zero attached hydrogens (tertiary/aromatic N) is 3. The second-order valence-electron chi connectivity index (χ2n) is 3.72. The van der Waals surface area contributed by atoms with Crippen molar-refractivity contribution < 1.29 is 9.32 Å². The Morgan fingerprint density at radius 2 is 2.17 bits per heavy atom. The summed E-state index contributed by atoms with van der Waals surface area (Å²) in [4.78, 5) is 20.0. The van der Waals surface area contributed by atoms with Crippen LogP contribution in [0.1, 0.15) is 21.9 Å². The highest BCUT2D eigenvalue weighted by Gasteiger charge is 2.14. The molecule has 0 spiro atoms. The molecular formula is C11H13N5O2. The first-order valence-corrected chi connectivity index (χ1v) is 5.36. The normalized spacial score (nSPS) is 10.2. The molecule has 2 heterocycles. The van der Waals surface area contributed by atoms with Crippen molar-refractivity contribution in [3.8, 4) is 0 Å². The largest absolute Gasteiger partial charge is 0.387 e. The molecule has 2 aromatic heterocycles. The SMILES string of the molecule is CNc1cc(C)ncc1C(=O)Nc1nc(C)no1. The number of hydrogen-bond acceptors (Lipinski definition) is 6. The molecule has 0 saturated heterocycles. The van der Waals surface area contributed by atoms with Crippen molar-refractivity contribution in [1.29, 1.82) is 0 Å². The van der Waals surface area contributed by atoms with E-state index >= 15 is 0 Å². The lowest BCUT2D eigenvalue weighted by Crippen LogP contribution is -2.15. The summed E-state index contributed by atoms with van der Waals surface area (Å²) < 4.78 is 4.82. The van der Waals surface area contributed by atoms with Gasteiger partial charge in [-0.1, -0.05) is 5.16 Å². The van der Waals surface area contributed by atoms with Crippen molar-refractivity contribution in [2.24, 2.45) is 0 Å². The second kappa shape index (κ2) is 4.82. The number of carbonyl (C=O) groups is 1. The summed E-state index contributed by atoms with van der Waals surface area (Å²) in [6.45, 7) is 3.52. The van der Waals surface area contributed by atoms with Crippen molar-refractivity contribution >= 4 is 17.6 Å². The highest BCUT2D eigenvalue weighted by atomic mass is 16.5. The van der Waals surface area contributed by atoms with E-state index < -0.39 is 0 Å². The van der Waals surface area contributed by atoms with E-state index in [1.807, 2.05) is 6.92 Å². The topological polar surface area (TPSA) is 92.9 Å². The molecule has 18 heavy (non-hydrogen) atoms. The lowest BCUT2D eigenvalue weighted by Gasteiger charge is -2.07. The molecule has 0 aliphatic rings. The number of nitrogens with one attached hydrogen (secondary N) is 2. The molecule has 7 heteroatoms. The molecule has 2 rings (SSSR count). The predicted molar refractivity (Wildman–Crippen MR) is 65.5 cm³/mol. The predicted octanol–water partition coefficient (Wildman–Crippen LogP) is 1.38. The Kier molecular flexibility index (Phi) is 3.22. The number of amides is 1. The molecule has 2 N–H and O–H groups in total. The van der Waals surface area contributed by atoms with Crippen LogP contribution in [0.25, 0.3) is 0 Å². The highest BCUT2D eigenvalue weighted by molar-refractivity contribution is 6.06. The number of aryl methyl sites for hydroxylation is 2. The van der Waals surface area contributed by atoms with E-state index in [1.165, 1.54) is 6.20 Å². The van der Waals surface area contributed by atoms with Crippen LogP contribution in [0, 0.1) is 13.8 Å². The summed E-state index contributed by atoms with van der Waals surface area (Å²) in [5.41, 5.74) is 1.93. The number of hydrogen-bond donors (Lipinski definition) is 2. The first-order valence-electron chi connectivity index (χ1n) is 5.36. The second-order valence-corrected chi connectivity index (χ2v) is 3.72. The zero-order valence-corrected chi connectivity index (χ0v) is 10.3. The average molecular weight is 247 g/mol. The van der Waals surface area contributed by atoms with Crippen molar-refractivity contribution in [2.75, 3.05) is 17.7 Å². The Labute approximate surface area is 104 Å². The van der Waals surface area contributed by atoms with E-state index in [9.17, 15) is 4.79 Å². The zero-order chi connectivity index (χ0) is 13.1. The van der Waals surface area contributed by atoms with Crippen LogP contribution < -0.4 is 10.6 Å². The third-order valence-electron chi connectivity index (χ3n) is 2.30. The molecule has 2 aromatic rings. The van der Waals surface area contributed by atoms with Crippen molar-refractivity contribution in [3.05, 3.63) is 29.3 Å². The summed E-state index contributed by atoms with van der Waals surface area (Å²) in [6.07, 6.45) is 1.50. The fourth-order valence-corrected chi connectivity index (χ4v) is 1.46. The van der Waals surface area contributed by atoms with Gasteiger partial charge in [-0.15, -0.1) is 0 Å². The molecule has 0 unspecified atom stereocenters. The average Bonchev–Trinajstić information content (AvgIpc) is 2.74. The van der Waals surface area contributed by atoms with Gasteiger partial charge >= 0.3 is 6.01 Å². The summed E-state index contributed by atoms with van der Waals surface area (Å²) >= 11 is 0. The van der Waals surface area contributed by atoms with E-state index in [0.717, 1.165) is 5.69 Å². The molecule has 94 valence electrons. The fraction of sp³-hybridized carbons (Fsp3) is 0.273. The Morgan fingerprint density at radius 1 is 1.39 bits per heavy atom. The van der Waals surface area contributed by atoms with Gasteiger partial charge in [-0.05, 0) is 19.9 Å². The Bertz CT molecular complexity index is 579. The molecule has 0 aliphatic carbocycles. The lowest BCUT2D eigenvalue weighted by atomic mass is 10.2. The Hall–Kier alpha value is -2.44. The van der Waals surface area contributed by atoms with Crippen molar-refractivity contribution in [2.45, 2.75) is 13.8 Å². The number of carbonyl (C=O) groups excluding carboxylic acids is 1. The highest BCUT2D eigenvalue weighted by Crippen LogP contribution is 2.16. The molecule has 7 nitrogen and oxygen atoms in total. The monoisotopic (exact) mass is 247 g/mol. The van der Waals surface area contributed by atoms with E-state index in [4.69, 9.17) is 4.52 Å². The molecule has 1 amide bonds. The van der Waals surface area contributed by atoms with Crippen molar-refractivity contribution in [3.63, 3.8) is 0 Å². The molecule has 0 saturated carbocycles. The van der Waals surface area contributed by atoms with Crippen LogP contribution in [0.3, 0.4) is 0 Å². The maximum absolute atomic E-state index is 12.0. The van der Waals surface area contributed by atoms with Gasteiger partial charge in [0.25, 0.3) is 5.91 Å². The smallest absolute Gasteiger partial charge is 0.328 e. The summed E-state index contributed by atoms with van der Waals surface area (Å²) in [7, 11) is 1.74. The molecule has 0 bridgehead atoms. The van der Waals surface area contributed by atoms with E-state index in [0.29, 0.717) is 17.1 Å². The quantitative estimate of drug-likeness (QED) is 0.851. The summed E-state index contributed by atoms with van der Waals surface area (Å²) in [5.74, 6) is 0.108. The number of pyridine rings is 1. The molecule has 0 aromatic carbocycles. The van der Waals surface area contributed by atoms with Crippen LogP contribution in [0.4, 0.5) is 11.7 Å². The maximum Gasteiger partial charge on any atom is 0.328 e. The van der Waals surface area contributed by atoms with Crippen LogP contribution in [-0.2, 0) is 0 Å². The van der Waals surface area contributed by atoms with E-state index in [2.05, 4.69) is 25.8 Å². The van der Waals surface area contributed by atoms with Crippen LogP contribution in [0.15, 0.2) is 16.8 Å². The third kappa shape index (κ3) is 2.45. The minimum atomic E-state index is -0.351. The molecule has 0 radical (unpaired) electrons. The minimum Gasteiger partial charge on any atom is -0.387 e. The fourth-order valence-electron chi connectivity index (χ4n) is 1.46. The van der Waals surface area contributed by atoms with Crippen molar-refractivity contribution in [1.82, 2.24) is 15.1 Å². The van der Waals surface area contributed by atoms with Crippen LogP contribution >= 0.6 is 0 Å². The van der Waals surface area contributed by atoms with Crippen LogP contribution in [0.2, 0.25) is 0 Å². The molecule has 0 fully saturated rings. The summed E-state index contributed by atoms with van der Waals surface area (Å²) in [5, 5.41) is 9.04. The van der Waals surface area contributed by atoms with Gasteiger partial charge in [-0.25, -0.2) is 0 Å². The Morgan fingerprint density at radius 3 is 2.78 bits per heavy atom. The molecular weight excluding hydrogens is 234 g/mol. The van der Waals surface area contributed by atoms with Gasteiger partial charge < -0.3 is 9.84 Å². The number of anilines is 2. The standard InChI is InChI=1S/C11H13N5O2/c1-6-4-9(12-3)8(5-13-6)10(17)15-11-14-7(2)16-18-11/h4-5H,1-3H3,(H,12,13)(H,14,15,16,17). The van der Waals surface area contributed by atoms with Gasteiger partial charge in [0, 0.05) is 18.9 Å². The van der Waals surface area contributed by atoms with Gasteiger partial charge in [0.05, 0.1) is 11.3 Å². The van der Waals surface area contributed by atoms with E-state index in [-0.39, 0.29) is 11.9 Å². The first-order chi connectivity index (χ1) is 8.60. The minimum absolute atomic E-state index is 0.0696. The first kappa shape index (κ1) is 12.0. The van der Waals surface area contributed by atoms with Crippen LogP contribution in [0.5, 0.6) is 0 Å². The van der Waals surface area contributed by atoms with Gasteiger partial charge in [0.1, 0.15) is 0 Å². The lowest BCUT2D eigenvalue weighted by molar-refractivity contribution is 0.102. The van der Waals surface area contributed by atoms with Gasteiger partial charge in [0.15, 0.2) is 5.82 Å². The molecule has 0 aliphatic heterocycles. The number of rotatable bonds is 3. The van der Waals surface area contributed by atoms with Gasteiger partial charge in [0.2, 0.25) is 0 Å². The van der Waals surface area contributed by atoms with E-state index in [1.54, 1.807) is 20.0 Å². The number of aromatic nitrogens is 3. The van der Waals surface area contributed by atoms with Gasteiger partial charge in [-0.2, -0.15) is 4.98 Å².